The fourth-order valence-corrected chi connectivity index (χ4v) is 5.05. The third kappa shape index (κ3) is 5.80. The number of aliphatic carboxylic acids is 1. The van der Waals surface area contributed by atoms with Gasteiger partial charge in [0.2, 0.25) is 0 Å². The number of aromatic nitrogens is 3. The number of benzene rings is 2. The van der Waals surface area contributed by atoms with E-state index in [9.17, 15) is 14.7 Å². The second-order valence-corrected chi connectivity index (χ2v) is 9.72. The van der Waals surface area contributed by atoms with Gasteiger partial charge in [0.15, 0.2) is 0 Å². The number of carboxylic acid groups (broad SMARTS) is 1. The van der Waals surface area contributed by atoms with Gasteiger partial charge >= 0.3 is 11.7 Å². The average molecular weight is 498 g/mol. The van der Waals surface area contributed by atoms with E-state index in [-0.39, 0.29) is 6.54 Å². The Balaban J connectivity index is 1.26. The molecular formula is C29H31N5O3. The molecule has 1 aliphatic heterocycles. The molecule has 2 aromatic heterocycles. The molecule has 1 atom stereocenters. The number of hydrogen-bond acceptors (Lipinski definition) is 6. The minimum absolute atomic E-state index is 0.0746. The first-order chi connectivity index (χ1) is 18.0. The van der Waals surface area contributed by atoms with Crippen molar-refractivity contribution in [1.29, 1.82) is 0 Å². The molecule has 5 rings (SSSR count). The maximum Gasteiger partial charge on any atom is 0.349 e. The van der Waals surface area contributed by atoms with Crippen LogP contribution >= 0.6 is 0 Å². The molecule has 3 heterocycles. The van der Waals surface area contributed by atoms with Crippen LogP contribution in [-0.4, -0.2) is 44.7 Å². The number of piperidine rings is 1. The summed E-state index contributed by atoms with van der Waals surface area (Å²) in [5.41, 5.74) is 1.38. The first kappa shape index (κ1) is 24.5. The number of fused-ring (bicyclic) bond motifs is 1. The lowest BCUT2D eigenvalue weighted by Gasteiger charge is -2.34. The zero-order chi connectivity index (χ0) is 25.8. The lowest BCUT2D eigenvalue weighted by molar-refractivity contribution is -0.142. The van der Waals surface area contributed by atoms with Crippen LogP contribution in [0.4, 0.5) is 11.6 Å². The molecular weight excluding hydrogens is 466 g/mol. The van der Waals surface area contributed by atoms with Crippen molar-refractivity contribution in [3.05, 3.63) is 94.7 Å². The molecule has 4 aromatic rings. The summed E-state index contributed by atoms with van der Waals surface area (Å²) in [5, 5.41) is 15.6. The van der Waals surface area contributed by atoms with Gasteiger partial charge in [-0.25, -0.2) is 9.78 Å². The molecule has 0 radical (unpaired) electrons. The second-order valence-electron chi connectivity index (χ2n) is 9.72. The molecule has 1 fully saturated rings. The number of nitrogens with zero attached hydrogens (tertiary/aromatic N) is 4. The zero-order valence-electron chi connectivity index (χ0n) is 20.9. The molecule has 1 aliphatic rings. The third-order valence-electron chi connectivity index (χ3n) is 7.02. The number of carbonyl (C=O) groups is 1. The van der Waals surface area contributed by atoms with Gasteiger partial charge in [0, 0.05) is 43.6 Å². The van der Waals surface area contributed by atoms with Gasteiger partial charge in [-0.3, -0.25) is 9.36 Å². The standard InChI is InChI=1S/C29H31N5O3/c1-20-18-34(19-24(28(35)36)17-21-9-10-22-6-2-3-7-23(22)16-21)29(37)32-27(20)33-14-11-25(12-15-33)31-26-8-4-5-13-30-26/h2-10,13,16,18,24-25H,11-12,14-15,17,19H2,1H3,(H,30,31)(H,35,36). The summed E-state index contributed by atoms with van der Waals surface area (Å²) in [6, 6.07) is 20.1. The topological polar surface area (TPSA) is 100 Å². The number of hydrogen-bond donors (Lipinski definition) is 2. The van der Waals surface area contributed by atoms with Crippen LogP contribution < -0.4 is 15.9 Å². The number of rotatable bonds is 8. The Hall–Kier alpha value is -4.20. The quantitative estimate of drug-likeness (QED) is 0.378. The Morgan fingerprint density at radius 1 is 1.08 bits per heavy atom. The molecule has 0 amide bonds. The molecule has 8 heteroatoms. The first-order valence-corrected chi connectivity index (χ1v) is 12.7. The molecule has 0 saturated carbocycles. The highest BCUT2D eigenvalue weighted by atomic mass is 16.4. The summed E-state index contributed by atoms with van der Waals surface area (Å²) >= 11 is 0. The normalized spacial score (nSPS) is 15.0. The van der Waals surface area contributed by atoms with E-state index in [1.165, 1.54) is 4.57 Å². The third-order valence-corrected chi connectivity index (χ3v) is 7.02. The number of anilines is 2. The maximum atomic E-state index is 12.9. The summed E-state index contributed by atoms with van der Waals surface area (Å²) in [7, 11) is 0. The zero-order valence-corrected chi connectivity index (χ0v) is 20.9. The largest absolute Gasteiger partial charge is 0.481 e. The van der Waals surface area contributed by atoms with E-state index in [1.54, 1.807) is 12.4 Å². The van der Waals surface area contributed by atoms with Crippen molar-refractivity contribution in [3.8, 4) is 0 Å². The van der Waals surface area contributed by atoms with Crippen LogP contribution in [0.5, 0.6) is 0 Å². The first-order valence-electron chi connectivity index (χ1n) is 12.7. The fourth-order valence-electron chi connectivity index (χ4n) is 5.05. The molecule has 37 heavy (non-hydrogen) atoms. The summed E-state index contributed by atoms with van der Waals surface area (Å²) in [6.07, 6.45) is 5.68. The van der Waals surface area contributed by atoms with Crippen LogP contribution in [0.3, 0.4) is 0 Å². The second kappa shape index (κ2) is 10.8. The number of aryl methyl sites for hydroxylation is 1. The number of carboxylic acids is 1. The van der Waals surface area contributed by atoms with Crippen molar-refractivity contribution >= 4 is 28.4 Å². The van der Waals surface area contributed by atoms with Crippen molar-refractivity contribution in [2.75, 3.05) is 23.3 Å². The molecule has 0 bridgehead atoms. The van der Waals surface area contributed by atoms with Gasteiger partial charge in [0.05, 0.1) is 5.92 Å². The van der Waals surface area contributed by atoms with Gasteiger partial charge in [0.25, 0.3) is 0 Å². The van der Waals surface area contributed by atoms with E-state index in [4.69, 9.17) is 0 Å². The van der Waals surface area contributed by atoms with E-state index in [0.29, 0.717) is 18.3 Å². The van der Waals surface area contributed by atoms with Crippen LogP contribution in [0.1, 0.15) is 24.0 Å². The predicted octanol–water partition coefficient (Wildman–Crippen LogP) is 4.12. The van der Waals surface area contributed by atoms with Gasteiger partial charge in [-0.1, -0.05) is 48.5 Å². The highest BCUT2D eigenvalue weighted by Gasteiger charge is 2.24. The molecule has 0 aliphatic carbocycles. The van der Waals surface area contributed by atoms with E-state index in [1.807, 2.05) is 67.6 Å². The average Bonchev–Trinajstić information content (AvgIpc) is 2.91. The van der Waals surface area contributed by atoms with Crippen molar-refractivity contribution < 1.29 is 9.90 Å². The molecule has 1 unspecified atom stereocenters. The minimum Gasteiger partial charge on any atom is -0.481 e. The van der Waals surface area contributed by atoms with Crippen LogP contribution in [0, 0.1) is 12.8 Å². The minimum atomic E-state index is -0.927. The number of nitrogens with one attached hydrogen (secondary N) is 1. The molecule has 2 N–H and O–H groups in total. The van der Waals surface area contributed by atoms with Gasteiger partial charge < -0.3 is 15.3 Å². The van der Waals surface area contributed by atoms with Crippen LogP contribution in [0.2, 0.25) is 0 Å². The SMILES string of the molecule is Cc1cn(CC(Cc2ccc3ccccc3c2)C(=O)O)c(=O)nc1N1CCC(Nc2ccccn2)CC1. The van der Waals surface area contributed by atoms with Crippen molar-refractivity contribution in [1.82, 2.24) is 14.5 Å². The molecule has 8 nitrogen and oxygen atoms in total. The van der Waals surface area contributed by atoms with Crippen LogP contribution in [0.25, 0.3) is 10.8 Å². The van der Waals surface area contributed by atoms with Gasteiger partial charge in [-0.05, 0) is 54.7 Å². The maximum absolute atomic E-state index is 12.9. The molecule has 1 saturated heterocycles. The molecule has 190 valence electrons. The van der Waals surface area contributed by atoms with E-state index >= 15 is 0 Å². The highest BCUT2D eigenvalue weighted by Crippen LogP contribution is 2.23. The lowest BCUT2D eigenvalue weighted by Crippen LogP contribution is -2.41. The summed E-state index contributed by atoms with van der Waals surface area (Å²) in [4.78, 5) is 35.9. The monoisotopic (exact) mass is 497 g/mol. The summed E-state index contributed by atoms with van der Waals surface area (Å²) in [5.74, 6) is -0.114. The van der Waals surface area contributed by atoms with Crippen molar-refractivity contribution in [2.24, 2.45) is 5.92 Å². The van der Waals surface area contributed by atoms with Gasteiger partial charge in [-0.15, -0.1) is 0 Å². The van der Waals surface area contributed by atoms with E-state index in [0.717, 1.165) is 53.6 Å². The summed E-state index contributed by atoms with van der Waals surface area (Å²) < 4.78 is 1.44. The van der Waals surface area contributed by atoms with Crippen molar-refractivity contribution in [2.45, 2.75) is 38.8 Å². The smallest absolute Gasteiger partial charge is 0.349 e. The van der Waals surface area contributed by atoms with Gasteiger partial charge in [-0.2, -0.15) is 4.98 Å². The fraction of sp³-hybridized carbons (Fsp3) is 0.310. The van der Waals surface area contributed by atoms with Gasteiger partial charge in [0.1, 0.15) is 11.6 Å². The van der Waals surface area contributed by atoms with E-state index < -0.39 is 17.6 Å². The van der Waals surface area contributed by atoms with Crippen molar-refractivity contribution in [3.63, 3.8) is 0 Å². The Bertz CT molecular complexity index is 1450. The Morgan fingerprint density at radius 3 is 2.57 bits per heavy atom. The summed E-state index contributed by atoms with van der Waals surface area (Å²) in [6.45, 7) is 3.56. The Kier molecular flexibility index (Phi) is 7.16. The van der Waals surface area contributed by atoms with Crippen LogP contribution in [-0.2, 0) is 17.8 Å². The predicted molar refractivity (Wildman–Crippen MR) is 145 cm³/mol. The molecule has 2 aromatic carbocycles. The highest BCUT2D eigenvalue weighted by molar-refractivity contribution is 5.83. The molecule has 0 spiro atoms. The Labute approximate surface area is 215 Å². The van der Waals surface area contributed by atoms with E-state index in [2.05, 4.69) is 20.2 Å². The lowest BCUT2D eigenvalue weighted by atomic mass is 9.97. The number of pyridine rings is 1. The van der Waals surface area contributed by atoms with Crippen LogP contribution in [0.15, 0.2) is 77.9 Å². The Morgan fingerprint density at radius 2 is 1.84 bits per heavy atom.